The largest absolute Gasteiger partial charge is 0.489 e. The van der Waals surface area contributed by atoms with Gasteiger partial charge in [-0.15, -0.1) is 5.10 Å². The molecule has 0 aliphatic carbocycles. The maximum atomic E-state index is 14.1. The lowest BCUT2D eigenvalue weighted by Gasteiger charge is -2.28. The molecule has 0 spiro atoms. The van der Waals surface area contributed by atoms with Gasteiger partial charge in [-0.3, -0.25) is 4.79 Å². The van der Waals surface area contributed by atoms with Gasteiger partial charge >= 0.3 is 0 Å². The predicted molar refractivity (Wildman–Crippen MR) is 148 cm³/mol. The van der Waals surface area contributed by atoms with Gasteiger partial charge in [-0.2, -0.15) is 4.98 Å². The molecule has 4 aromatic rings. The van der Waals surface area contributed by atoms with Gasteiger partial charge in [0, 0.05) is 27.6 Å². The lowest BCUT2D eigenvalue weighted by Crippen LogP contribution is -2.27. The van der Waals surface area contributed by atoms with Crippen LogP contribution in [0.2, 0.25) is 10.0 Å². The van der Waals surface area contributed by atoms with Gasteiger partial charge in [-0.1, -0.05) is 71.4 Å². The quantitative estimate of drug-likeness (QED) is 0.222. The van der Waals surface area contributed by atoms with Crippen LogP contribution in [0.3, 0.4) is 0 Å². The van der Waals surface area contributed by atoms with Crippen LogP contribution in [0.4, 0.5) is 10.3 Å². The summed E-state index contributed by atoms with van der Waals surface area (Å²) in [6.07, 6.45) is 0. The Morgan fingerprint density at radius 1 is 1.08 bits per heavy atom. The molecule has 2 heterocycles. The van der Waals surface area contributed by atoms with E-state index in [1.165, 1.54) is 24.8 Å². The van der Waals surface area contributed by atoms with Crippen molar-refractivity contribution in [2.75, 3.05) is 5.32 Å². The van der Waals surface area contributed by atoms with Crippen molar-refractivity contribution in [2.45, 2.75) is 37.4 Å². The zero-order chi connectivity index (χ0) is 26.8. The molecule has 0 amide bonds. The summed E-state index contributed by atoms with van der Waals surface area (Å²) < 4.78 is 21.6. The highest BCUT2D eigenvalue weighted by atomic mass is 35.5. The van der Waals surface area contributed by atoms with Crippen molar-refractivity contribution in [2.24, 2.45) is 0 Å². The van der Waals surface area contributed by atoms with Crippen molar-refractivity contribution in [3.8, 4) is 5.75 Å². The number of nitrogens with one attached hydrogen (secondary N) is 1. The van der Waals surface area contributed by atoms with Crippen molar-refractivity contribution in [3.63, 3.8) is 0 Å². The van der Waals surface area contributed by atoms with E-state index in [4.69, 9.17) is 33.0 Å². The van der Waals surface area contributed by atoms with E-state index in [1.54, 1.807) is 28.9 Å². The Morgan fingerprint density at radius 3 is 2.53 bits per heavy atom. The Labute approximate surface area is 233 Å². The van der Waals surface area contributed by atoms with Crippen molar-refractivity contribution in [1.82, 2.24) is 14.8 Å². The topological polar surface area (TPSA) is 69.0 Å². The predicted octanol–water partition coefficient (Wildman–Crippen LogP) is 7.47. The summed E-state index contributed by atoms with van der Waals surface area (Å²) in [5, 5.41) is 9.51. The molecular weight excluding hydrogens is 546 g/mol. The number of benzene rings is 3. The van der Waals surface area contributed by atoms with Crippen LogP contribution in [0.5, 0.6) is 5.75 Å². The molecule has 1 aliphatic heterocycles. The molecule has 1 N–H and O–H groups in total. The van der Waals surface area contributed by atoms with Gasteiger partial charge in [0.1, 0.15) is 24.2 Å². The van der Waals surface area contributed by atoms with Crippen molar-refractivity contribution in [3.05, 3.63) is 111 Å². The second-order valence-electron chi connectivity index (χ2n) is 8.72. The van der Waals surface area contributed by atoms with Crippen LogP contribution in [0, 0.1) is 5.82 Å². The first-order valence-corrected chi connectivity index (χ1v) is 13.5. The minimum atomic E-state index is -0.471. The minimum absolute atomic E-state index is 0.00481. The number of hydrogen-bond acceptors (Lipinski definition) is 6. The smallest absolute Gasteiger partial charge is 0.227 e. The van der Waals surface area contributed by atoms with Gasteiger partial charge in [0.2, 0.25) is 11.1 Å². The summed E-state index contributed by atoms with van der Waals surface area (Å²) in [5.74, 6) is 1.21. The molecule has 1 aromatic heterocycles. The molecule has 1 aliphatic rings. The number of carbonyl (C=O) groups is 1. The fourth-order valence-electron chi connectivity index (χ4n) is 4.29. The first kappa shape index (κ1) is 26.3. The zero-order valence-electron chi connectivity index (χ0n) is 20.5. The number of carbonyl (C=O) groups excluding carboxylic acids is 1. The van der Waals surface area contributed by atoms with E-state index in [1.807, 2.05) is 43.3 Å². The summed E-state index contributed by atoms with van der Waals surface area (Å²) in [6, 6.07) is 19.0. The maximum absolute atomic E-state index is 14.1. The van der Waals surface area contributed by atoms with Crippen LogP contribution in [0.1, 0.15) is 36.6 Å². The van der Waals surface area contributed by atoms with Crippen molar-refractivity contribution in [1.29, 1.82) is 0 Å². The number of nitrogens with zero attached hydrogens (tertiary/aromatic N) is 3. The third-order valence-corrected chi connectivity index (χ3v) is 7.78. The molecule has 194 valence electrons. The van der Waals surface area contributed by atoms with Gasteiger partial charge < -0.3 is 10.1 Å². The van der Waals surface area contributed by atoms with Crippen molar-refractivity contribution >= 4 is 46.7 Å². The maximum Gasteiger partial charge on any atom is 0.227 e. The number of rotatable bonds is 8. The number of aromatic nitrogens is 3. The lowest BCUT2D eigenvalue weighted by atomic mass is 9.93. The average molecular weight is 569 g/mol. The first-order valence-electron chi connectivity index (χ1n) is 11.8. The lowest BCUT2D eigenvalue weighted by molar-refractivity contribution is -0.114. The fraction of sp³-hybridized carbons (Fsp3) is 0.179. The summed E-state index contributed by atoms with van der Waals surface area (Å²) >= 11 is 13.9. The van der Waals surface area contributed by atoms with Crippen LogP contribution < -0.4 is 10.1 Å². The molecule has 6 nitrogen and oxygen atoms in total. The highest BCUT2D eigenvalue weighted by Crippen LogP contribution is 2.37. The Morgan fingerprint density at radius 2 is 1.82 bits per heavy atom. The number of anilines is 1. The molecule has 1 unspecified atom stereocenters. The molecule has 0 fully saturated rings. The average Bonchev–Trinajstić information content (AvgIpc) is 3.29. The number of ketones is 1. The third kappa shape index (κ3) is 5.43. The van der Waals surface area contributed by atoms with Gasteiger partial charge in [-0.05, 0) is 55.3 Å². The van der Waals surface area contributed by atoms with Crippen LogP contribution in [-0.4, -0.2) is 20.5 Å². The van der Waals surface area contributed by atoms with Gasteiger partial charge in [0.25, 0.3) is 0 Å². The number of hydrogen-bond donors (Lipinski definition) is 1. The second kappa shape index (κ2) is 11.2. The number of fused-ring (bicyclic) bond motifs is 1. The third-order valence-electron chi connectivity index (χ3n) is 6.17. The van der Waals surface area contributed by atoms with E-state index in [9.17, 15) is 9.18 Å². The fourth-order valence-corrected chi connectivity index (χ4v) is 5.62. The van der Waals surface area contributed by atoms with E-state index in [0.717, 1.165) is 16.8 Å². The molecular formula is C28H23Cl2FN4O2S. The number of thioether (sulfide) groups is 1. The Bertz CT molecular complexity index is 1520. The van der Waals surface area contributed by atoms with Crippen LogP contribution in [0.25, 0.3) is 0 Å². The summed E-state index contributed by atoms with van der Waals surface area (Å²) in [6.45, 7) is 3.39. The Kier molecular flexibility index (Phi) is 7.74. The summed E-state index contributed by atoms with van der Waals surface area (Å²) in [7, 11) is 0. The van der Waals surface area contributed by atoms with Crippen LogP contribution in [0.15, 0.2) is 83.2 Å². The monoisotopic (exact) mass is 568 g/mol. The highest BCUT2D eigenvalue weighted by Gasteiger charge is 2.32. The highest BCUT2D eigenvalue weighted by molar-refractivity contribution is 7.98. The zero-order valence-corrected chi connectivity index (χ0v) is 22.9. The van der Waals surface area contributed by atoms with Gasteiger partial charge in [0.05, 0.1) is 5.02 Å². The number of halogens is 3. The van der Waals surface area contributed by atoms with Crippen molar-refractivity contribution < 1.29 is 13.9 Å². The molecule has 38 heavy (non-hydrogen) atoms. The van der Waals surface area contributed by atoms with Crippen LogP contribution in [-0.2, 0) is 17.2 Å². The normalized spacial score (nSPS) is 14.7. The molecule has 3 aromatic carbocycles. The number of ether oxygens (including phenoxy) is 1. The molecule has 10 heteroatoms. The van der Waals surface area contributed by atoms with E-state index in [-0.39, 0.29) is 12.4 Å². The Balaban J connectivity index is 1.40. The molecule has 0 saturated heterocycles. The minimum Gasteiger partial charge on any atom is -0.489 e. The van der Waals surface area contributed by atoms with Gasteiger partial charge in [-0.25, -0.2) is 9.07 Å². The molecule has 0 saturated carbocycles. The number of allylic oxidation sites excluding steroid dienone is 2. The van der Waals surface area contributed by atoms with Crippen LogP contribution >= 0.6 is 35.0 Å². The molecule has 0 bridgehead atoms. The van der Waals surface area contributed by atoms with E-state index >= 15 is 0 Å². The van der Waals surface area contributed by atoms with E-state index < -0.39 is 11.9 Å². The summed E-state index contributed by atoms with van der Waals surface area (Å²) in [4.78, 5) is 17.4. The van der Waals surface area contributed by atoms with Gasteiger partial charge in [0.15, 0.2) is 5.78 Å². The Hall–Kier alpha value is -3.33. The van der Waals surface area contributed by atoms with E-state index in [2.05, 4.69) is 10.3 Å². The summed E-state index contributed by atoms with van der Waals surface area (Å²) in [5.41, 5.74) is 3.43. The molecule has 0 radical (unpaired) electrons. The van der Waals surface area contributed by atoms with E-state index in [0.29, 0.717) is 43.8 Å². The molecule has 1 atom stereocenters. The SMILES string of the molecule is CC(=O)C1=C(C)Nc2nc(SCc3ccccc3Cl)nn2C1c1ccc(OCc2c(F)cccc2Cl)cc1. The standard InChI is InChI=1S/C28H23Cl2FN4O2S/c1-16-25(17(2)36)26(18-10-12-20(13-11-18)37-14-21-23(30)8-5-9-24(21)31)35-27(32-16)33-28(34-35)38-15-19-6-3-4-7-22(19)29/h3-13,26H,14-15H2,1-2H3,(H,32,33,34). The first-order chi connectivity index (χ1) is 18.3. The second-order valence-corrected chi connectivity index (χ2v) is 10.5. The molecule has 5 rings (SSSR count). The number of Topliss-reactive ketones (excluding diaryl/α,β-unsaturated/α-hetero) is 1.